The van der Waals surface area contributed by atoms with E-state index in [1.165, 1.54) is 0 Å². The van der Waals surface area contributed by atoms with Crippen LogP contribution in [-0.2, 0) is 4.57 Å². The van der Waals surface area contributed by atoms with E-state index in [9.17, 15) is 9.36 Å². The number of benzene rings is 2. The van der Waals surface area contributed by atoms with Crippen molar-refractivity contribution in [3.8, 4) is 0 Å². The molecule has 2 atom stereocenters. The van der Waals surface area contributed by atoms with Crippen molar-refractivity contribution in [1.29, 1.82) is 0 Å². The molecule has 0 saturated carbocycles. The van der Waals surface area contributed by atoms with Crippen LogP contribution in [-0.4, -0.2) is 11.4 Å². The molecule has 2 unspecified atom stereocenters. The Balaban J connectivity index is 2.56. The van der Waals surface area contributed by atoms with E-state index in [0.717, 1.165) is 34.0 Å². The summed E-state index contributed by atoms with van der Waals surface area (Å²) in [4.78, 5) is 13.1. The quantitative estimate of drug-likeness (QED) is 0.582. The highest BCUT2D eigenvalue weighted by Crippen LogP contribution is 2.32. The Morgan fingerprint density at radius 1 is 1.09 bits per heavy atom. The second-order valence-corrected chi connectivity index (χ2v) is 8.57. The van der Waals surface area contributed by atoms with E-state index in [1.54, 1.807) is 6.07 Å². The van der Waals surface area contributed by atoms with Crippen LogP contribution in [0.1, 0.15) is 52.9 Å². The lowest BCUT2D eigenvalue weighted by atomic mass is 9.93. The Labute approximate surface area is 139 Å². The monoisotopic (exact) mass is 328 g/mol. The molecule has 122 valence electrons. The number of hydrogen-bond donors (Lipinski definition) is 0. The standard InChI is InChI=1S/C20H25O2P/c1-6-16(5)23(22)18-10-8-7-9-17(18)20(21)19-14(3)11-13(2)12-15(19)4/h7-12,16,23H,6H2,1-5H3. The zero-order chi connectivity index (χ0) is 17.1. The van der Waals surface area contributed by atoms with Gasteiger partial charge in [-0.15, -0.1) is 0 Å². The maximum Gasteiger partial charge on any atom is 0.194 e. The maximum absolute atomic E-state index is 13.1. The van der Waals surface area contributed by atoms with E-state index >= 15 is 0 Å². The van der Waals surface area contributed by atoms with Gasteiger partial charge in [0.25, 0.3) is 0 Å². The molecule has 2 aromatic rings. The average molecular weight is 328 g/mol. The van der Waals surface area contributed by atoms with Crippen molar-refractivity contribution in [3.05, 3.63) is 64.2 Å². The zero-order valence-electron chi connectivity index (χ0n) is 14.6. The van der Waals surface area contributed by atoms with Crippen molar-refractivity contribution in [2.75, 3.05) is 0 Å². The summed E-state index contributed by atoms with van der Waals surface area (Å²) < 4.78 is 12.8. The average Bonchev–Trinajstić information content (AvgIpc) is 2.52. The summed E-state index contributed by atoms with van der Waals surface area (Å²) in [7, 11) is -1.98. The van der Waals surface area contributed by atoms with E-state index < -0.39 is 7.80 Å². The molecular weight excluding hydrogens is 303 g/mol. The molecule has 0 heterocycles. The molecular formula is C20H25O2P. The van der Waals surface area contributed by atoms with Gasteiger partial charge in [-0.3, -0.25) is 4.79 Å². The van der Waals surface area contributed by atoms with Crippen LogP contribution < -0.4 is 5.30 Å². The number of carbonyl (C=O) groups is 1. The Morgan fingerprint density at radius 2 is 1.65 bits per heavy atom. The lowest BCUT2D eigenvalue weighted by molar-refractivity contribution is 0.103. The first-order chi connectivity index (χ1) is 10.9. The molecule has 0 radical (unpaired) electrons. The third-order valence-corrected chi connectivity index (χ3v) is 6.67. The van der Waals surface area contributed by atoms with Crippen molar-refractivity contribution in [3.63, 3.8) is 0 Å². The van der Waals surface area contributed by atoms with Crippen LogP contribution in [0.3, 0.4) is 0 Å². The second-order valence-electron chi connectivity index (χ2n) is 6.32. The maximum atomic E-state index is 13.1. The van der Waals surface area contributed by atoms with Crippen molar-refractivity contribution >= 4 is 18.9 Å². The summed E-state index contributed by atoms with van der Waals surface area (Å²) in [6, 6.07) is 11.4. The first-order valence-electron chi connectivity index (χ1n) is 8.12. The number of aryl methyl sites for hydroxylation is 3. The number of rotatable bonds is 5. The van der Waals surface area contributed by atoms with Gasteiger partial charge in [0, 0.05) is 22.1 Å². The molecule has 2 rings (SSSR count). The Bertz CT molecular complexity index is 739. The second kappa shape index (κ2) is 7.27. The van der Waals surface area contributed by atoms with E-state index in [0.29, 0.717) is 5.56 Å². The van der Waals surface area contributed by atoms with Gasteiger partial charge in [-0.25, -0.2) is 0 Å². The summed E-state index contributed by atoms with van der Waals surface area (Å²) in [5.41, 5.74) is 4.54. The van der Waals surface area contributed by atoms with E-state index in [1.807, 2.05) is 65.0 Å². The molecule has 0 saturated heterocycles. The molecule has 0 aliphatic heterocycles. The minimum absolute atomic E-state index is 0.0164. The number of hydrogen-bond acceptors (Lipinski definition) is 2. The topological polar surface area (TPSA) is 34.1 Å². The molecule has 0 amide bonds. The van der Waals surface area contributed by atoms with Gasteiger partial charge in [-0.2, -0.15) is 0 Å². The summed E-state index contributed by atoms with van der Waals surface area (Å²) in [6.45, 7) is 9.99. The van der Waals surface area contributed by atoms with Crippen molar-refractivity contribution in [2.24, 2.45) is 0 Å². The number of carbonyl (C=O) groups excluding carboxylic acids is 1. The lowest BCUT2D eigenvalue weighted by Crippen LogP contribution is -2.17. The van der Waals surface area contributed by atoms with E-state index in [2.05, 4.69) is 0 Å². The summed E-state index contributed by atoms with van der Waals surface area (Å²) in [5, 5.41) is 0.719. The third kappa shape index (κ3) is 3.64. The molecule has 2 nitrogen and oxygen atoms in total. The van der Waals surface area contributed by atoms with Crippen molar-refractivity contribution in [1.82, 2.24) is 0 Å². The molecule has 0 aliphatic rings. The van der Waals surface area contributed by atoms with Crippen LogP contribution in [0.25, 0.3) is 0 Å². The smallest absolute Gasteiger partial charge is 0.194 e. The highest BCUT2D eigenvalue weighted by molar-refractivity contribution is 7.54. The largest absolute Gasteiger partial charge is 0.322 e. The van der Waals surface area contributed by atoms with Crippen molar-refractivity contribution < 1.29 is 9.36 Å². The first-order valence-corrected chi connectivity index (χ1v) is 9.61. The van der Waals surface area contributed by atoms with Gasteiger partial charge in [-0.1, -0.05) is 55.8 Å². The fourth-order valence-corrected chi connectivity index (χ4v) is 4.64. The van der Waals surface area contributed by atoms with Gasteiger partial charge in [0.2, 0.25) is 0 Å². The van der Waals surface area contributed by atoms with Gasteiger partial charge < -0.3 is 4.57 Å². The Hall–Kier alpha value is -1.66. The van der Waals surface area contributed by atoms with Crippen LogP contribution >= 0.6 is 7.80 Å². The fraction of sp³-hybridized carbons (Fsp3) is 0.350. The predicted octanol–water partition coefficient (Wildman–Crippen LogP) is 4.83. The molecule has 2 aromatic carbocycles. The Morgan fingerprint density at radius 3 is 2.22 bits per heavy atom. The van der Waals surface area contributed by atoms with Gasteiger partial charge in [0.15, 0.2) is 5.78 Å². The predicted molar refractivity (Wildman–Crippen MR) is 98.9 cm³/mol. The van der Waals surface area contributed by atoms with Gasteiger partial charge in [0.1, 0.15) is 7.80 Å². The van der Waals surface area contributed by atoms with E-state index in [-0.39, 0.29) is 11.4 Å². The lowest BCUT2D eigenvalue weighted by Gasteiger charge is -2.15. The van der Waals surface area contributed by atoms with Gasteiger partial charge in [0.05, 0.1) is 0 Å². The molecule has 0 fully saturated rings. The molecule has 0 aromatic heterocycles. The number of ketones is 1. The van der Waals surface area contributed by atoms with E-state index in [4.69, 9.17) is 0 Å². The normalized spacial score (nSPS) is 13.6. The molecule has 0 bridgehead atoms. The highest BCUT2D eigenvalue weighted by atomic mass is 31.1. The van der Waals surface area contributed by atoms with Crippen LogP contribution in [0.2, 0.25) is 0 Å². The minimum Gasteiger partial charge on any atom is -0.322 e. The Kier molecular flexibility index (Phi) is 5.59. The third-order valence-electron chi connectivity index (χ3n) is 4.40. The van der Waals surface area contributed by atoms with Crippen LogP contribution in [0.4, 0.5) is 0 Å². The van der Waals surface area contributed by atoms with Crippen LogP contribution in [0, 0.1) is 20.8 Å². The van der Waals surface area contributed by atoms with Crippen LogP contribution in [0.15, 0.2) is 36.4 Å². The fourth-order valence-electron chi connectivity index (χ4n) is 3.02. The summed E-state index contributed by atoms with van der Waals surface area (Å²) in [6.07, 6.45) is 0.850. The van der Waals surface area contributed by atoms with Crippen molar-refractivity contribution in [2.45, 2.75) is 46.7 Å². The molecule has 0 N–H and O–H groups in total. The highest BCUT2D eigenvalue weighted by Gasteiger charge is 2.22. The van der Waals surface area contributed by atoms with Gasteiger partial charge in [-0.05, 0) is 38.3 Å². The first kappa shape index (κ1) is 17.7. The molecule has 23 heavy (non-hydrogen) atoms. The molecule has 3 heteroatoms. The summed E-state index contributed by atoms with van der Waals surface area (Å²) >= 11 is 0. The molecule has 0 aliphatic carbocycles. The SMILES string of the molecule is CCC(C)[PH](=O)c1ccccc1C(=O)c1c(C)cc(C)cc1C. The molecule has 0 spiro atoms. The van der Waals surface area contributed by atoms with Crippen LogP contribution in [0.5, 0.6) is 0 Å². The zero-order valence-corrected chi connectivity index (χ0v) is 15.6. The van der Waals surface area contributed by atoms with Gasteiger partial charge >= 0.3 is 0 Å². The minimum atomic E-state index is -1.98. The summed E-state index contributed by atoms with van der Waals surface area (Å²) in [5.74, 6) is -0.0164.